The Labute approximate surface area is 377 Å². The first kappa shape index (κ1) is 57.5. The maximum Gasteiger partial charge on any atom is 0.362 e. The zero-order valence-corrected chi connectivity index (χ0v) is 39.3. The van der Waals surface area contributed by atoms with Gasteiger partial charge < -0.3 is 23.8 Å². The molecule has 0 aromatic heterocycles. The molecule has 2 unspecified atom stereocenters. The fourth-order valence-electron chi connectivity index (χ4n) is 5.95. The number of rotatable bonds is 39. The summed E-state index contributed by atoms with van der Waals surface area (Å²) in [6, 6.07) is -0.636. The lowest BCUT2D eigenvalue weighted by molar-refractivity contribution is -0.887. The van der Waals surface area contributed by atoms with Crippen molar-refractivity contribution in [2.75, 3.05) is 41.0 Å². The van der Waals surface area contributed by atoms with Crippen LogP contribution < -0.4 is 0 Å². The minimum absolute atomic E-state index is 0.0268. The second-order valence-corrected chi connectivity index (χ2v) is 16.1. The van der Waals surface area contributed by atoms with Gasteiger partial charge in [0.2, 0.25) is 0 Å². The highest BCUT2D eigenvalue weighted by Crippen LogP contribution is 2.12. The number of ether oxygens (including phenoxy) is 3. The smallest absolute Gasteiger partial charge is 0.362 e. The Morgan fingerprint density at radius 3 is 1.47 bits per heavy atom. The second-order valence-electron chi connectivity index (χ2n) is 16.1. The molecule has 62 heavy (non-hydrogen) atoms. The lowest BCUT2D eigenvalue weighted by atomic mass is 10.1. The van der Waals surface area contributed by atoms with Gasteiger partial charge in [0.1, 0.15) is 6.61 Å². The Morgan fingerprint density at radius 2 is 0.935 bits per heavy atom. The number of nitrogens with zero attached hydrogens (tertiary/aromatic N) is 1. The average Bonchev–Trinajstić information content (AvgIpc) is 3.23. The molecule has 0 spiro atoms. The summed E-state index contributed by atoms with van der Waals surface area (Å²) in [5.74, 6) is -1.57. The van der Waals surface area contributed by atoms with Gasteiger partial charge >= 0.3 is 17.9 Å². The van der Waals surface area contributed by atoms with Gasteiger partial charge in [-0.2, -0.15) is 0 Å². The lowest BCUT2D eigenvalue weighted by Crippen LogP contribution is -2.50. The Hall–Kier alpha value is -4.53. The zero-order valence-electron chi connectivity index (χ0n) is 39.3. The van der Waals surface area contributed by atoms with Crippen LogP contribution in [0.5, 0.6) is 0 Å². The van der Waals surface area contributed by atoms with E-state index in [4.69, 9.17) is 14.2 Å². The third-order valence-electron chi connectivity index (χ3n) is 9.49. The number of likely N-dealkylation sites (N-methyl/N-ethyl adjacent to an activating group) is 1. The number of allylic oxidation sites excluding steroid dienone is 22. The van der Waals surface area contributed by atoms with Gasteiger partial charge in [-0.15, -0.1) is 0 Å². The van der Waals surface area contributed by atoms with Crippen LogP contribution in [-0.4, -0.2) is 80.6 Å². The van der Waals surface area contributed by atoms with E-state index in [1.165, 1.54) is 12.8 Å². The topological polar surface area (TPSA) is 99.1 Å². The molecule has 0 fully saturated rings. The number of carbonyl (C=O) groups is 3. The molecule has 0 aliphatic carbocycles. The lowest BCUT2D eigenvalue weighted by Gasteiger charge is -2.31. The molecule has 1 N–H and O–H groups in total. The number of esters is 2. The van der Waals surface area contributed by atoms with Gasteiger partial charge in [-0.05, 0) is 70.6 Å². The Balaban J connectivity index is 4.48. The molecular weight excluding hydrogens is 775 g/mol. The van der Waals surface area contributed by atoms with Gasteiger partial charge in [0.05, 0.1) is 34.4 Å². The summed E-state index contributed by atoms with van der Waals surface area (Å²) in [6.07, 6.45) is 62.0. The van der Waals surface area contributed by atoms with Crippen LogP contribution in [0.25, 0.3) is 0 Å². The first-order valence-corrected chi connectivity index (χ1v) is 23.3. The van der Waals surface area contributed by atoms with E-state index in [0.717, 1.165) is 83.5 Å². The molecule has 0 saturated heterocycles. The van der Waals surface area contributed by atoms with Crippen LogP contribution in [0.3, 0.4) is 0 Å². The molecule has 0 amide bonds. The predicted octanol–water partition coefficient (Wildman–Crippen LogP) is 13.2. The van der Waals surface area contributed by atoms with Crippen LogP contribution in [0.2, 0.25) is 0 Å². The van der Waals surface area contributed by atoms with Crippen LogP contribution >= 0.6 is 0 Å². The molecule has 2 atom stereocenters. The third-order valence-corrected chi connectivity index (χ3v) is 9.49. The van der Waals surface area contributed by atoms with Crippen molar-refractivity contribution in [2.24, 2.45) is 0 Å². The SMILES string of the molecule is CC/C=C/C=C/C=C/C=C/C=C/C=C/C=C/CCCCCC(=O)OC(COCCC(C(=O)O)[N+](C)(C)C)COC(=O)CCCCCCCC/C=C/C/C=C/C/C=C/C/C=C/CC. The first-order valence-electron chi connectivity index (χ1n) is 23.3. The van der Waals surface area contributed by atoms with Crippen molar-refractivity contribution in [3.63, 3.8) is 0 Å². The molecule has 0 aliphatic rings. The Bertz CT molecular complexity index is 1470. The maximum atomic E-state index is 12.8. The fourth-order valence-corrected chi connectivity index (χ4v) is 5.95. The third kappa shape index (κ3) is 40.9. The van der Waals surface area contributed by atoms with Crippen molar-refractivity contribution in [3.05, 3.63) is 134 Å². The molecule has 0 aromatic carbocycles. The molecule has 346 valence electrons. The molecule has 0 saturated carbocycles. The molecule has 8 heteroatoms. The number of aliphatic carboxylic acids is 1. The van der Waals surface area contributed by atoms with E-state index in [9.17, 15) is 19.5 Å². The van der Waals surface area contributed by atoms with E-state index in [-0.39, 0.29) is 42.7 Å². The molecular formula is C54H84NO7+. The van der Waals surface area contributed by atoms with Crippen LogP contribution in [0.1, 0.15) is 136 Å². The molecule has 0 bridgehead atoms. The Morgan fingerprint density at radius 1 is 0.500 bits per heavy atom. The fraction of sp³-hybridized carbons (Fsp3) is 0.537. The van der Waals surface area contributed by atoms with Crippen LogP contribution in [-0.2, 0) is 28.6 Å². The Kier molecular flexibility index (Phi) is 40.0. The van der Waals surface area contributed by atoms with Gasteiger partial charge in [-0.1, -0.05) is 180 Å². The zero-order chi connectivity index (χ0) is 45.6. The number of unbranched alkanes of at least 4 members (excludes halogenated alkanes) is 9. The largest absolute Gasteiger partial charge is 0.477 e. The minimum Gasteiger partial charge on any atom is -0.477 e. The van der Waals surface area contributed by atoms with E-state index in [2.05, 4.69) is 74.6 Å². The minimum atomic E-state index is -0.892. The first-order chi connectivity index (χ1) is 30.1. The molecule has 0 aromatic rings. The maximum absolute atomic E-state index is 12.8. The second kappa shape index (κ2) is 43.1. The van der Waals surface area contributed by atoms with Gasteiger partial charge in [-0.25, -0.2) is 4.79 Å². The number of hydrogen-bond acceptors (Lipinski definition) is 6. The average molecular weight is 859 g/mol. The standard InChI is InChI=1S/C54H83NO7/c1-6-8-10-12-14-16-18-20-22-24-26-28-30-32-34-36-38-40-42-44-52(56)61-49-50(48-60-47-46-51(54(58)59)55(3,4)5)62-53(57)45-43-41-39-37-35-33-31-29-27-25-23-21-19-17-15-13-11-9-7-2/h8-11,13-17,19-23,25-29,31,33,35,50-51H,6-7,12,18,24,30,32,34,36-49H2,1-5H3/p+1/b10-8+,11-9+,15-13+,16-14+,19-17+,22-20+,23-21+,27-25+,28-26+,31-29+,35-33+. The summed E-state index contributed by atoms with van der Waals surface area (Å²) in [4.78, 5) is 37.1. The number of quaternary nitrogens is 1. The number of carboxylic acid groups (broad SMARTS) is 1. The highest BCUT2D eigenvalue weighted by atomic mass is 16.6. The van der Waals surface area contributed by atoms with E-state index < -0.39 is 18.1 Å². The summed E-state index contributed by atoms with van der Waals surface area (Å²) < 4.78 is 17.2. The van der Waals surface area contributed by atoms with E-state index in [1.807, 2.05) is 94.1 Å². The predicted molar refractivity (Wildman–Crippen MR) is 261 cm³/mol. The van der Waals surface area contributed by atoms with Crippen molar-refractivity contribution in [1.82, 2.24) is 0 Å². The summed E-state index contributed by atoms with van der Waals surface area (Å²) in [5.41, 5.74) is 0. The van der Waals surface area contributed by atoms with Gasteiger partial charge in [0.15, 0.2) is 12.1 Å². The van der Waals surface area contributed by atoms with Crippen LogP contribution in [0.15, 0.2) is 134 Å². The quantitative estimate of drug-likeness (QED) is 0.0216. The van der Waals surface area contributed by atoms with E-state index in [0.29, 0.717) is 19.3 Å². The molecule has 8 nitrogen and oxygen atoms in total. The summed E-state index contributed by atoms with van der Waals surface area (Å²) in [5, 5.41) is 9.64. The number of hydrogen-bond donors (Lipinski definition) is 1. The number of carbonyl (C=O) groups excluding carboxylic acids is 2. The van der Waals surface area contributed by atoms with Crippen LogP contribution in [0, 0.1) is 0 Å². The monoisotopic (exact) mass is 859 g/mol. The van der Waals surface area contributed by atoms with Gasteiger partial charge in [-0.3, -0.25) is 9.59 Å². The summed E-state index contributed by atoms with van der Waals surface area (Å²) in [6.45, 7) is 4.38. The van der Waals surface area contributed by atoms with Crippen molar-refractivity contribution in [3.8, 4) is 0 Å². The molecule has 0 heterocycles. The van der Waals surface area contributed by atoms with E-state index >= 15 is 0 Å². The van der Waals surface area contributed by atoms with Gasteiger partial charge in [0, 0.05) is 19.3 Å². The summed E-state index contributed by atoms with van der Waals surface area (Å²) in [7, 11) is 5.49. The highest BCUT2D eigenvalue weighted by molar-refractivity contribution is 5.72. The van der Waals surface area contributed by atoms with Crippen molar-refractivity contribution < 1.29 is 38.2 Å². The molecule has 0 rings (SSSR count). The van der Waals surface area contributed by atoms with Gasteiger partial charge in [0.25, 0.3) is 0 Å². The summed E-state index contributed by atoms with van der Waals surface area (Å²) >= 11 is 0. The molecule has 0 aliphatic heterocycles. The molecule has 0 radical (unpaired) electrons. The van der Waals surface area contributed by atoms with E-state index in [1.54, 1.807) is 0 Å². The number of carboxylic acids is 1. The van der Waals surface area contributed by atoms with Crippen LogP contribution in [0.4, 0.5) is 0 Å². The van der Waals surface area contributed by atoms with Crippen molar-refractivity contribution in [2.45, 2.75) is 148 Å². The normalized spacial score (nSPS) is 14.1. The van der Waals surface area contributed by atoms with Crippen molar-refractivity contribution in [1.29, 1.82) is 0 Å². The van der Waals surface area contributed by atoms with Crippen molar-refractivity contribution >= 4 is 17.9 Å². The highest BCUT2D eigenvalue weighted by Gasteiger charge is 2.31.